The van der Waals surface area contributed by atoms with Crippen molar-refractivity contribution in [3.05, 3.63) is 47.4 Å². The van der Waals surface area contributed by atoms with Gasteiger partial charge in [0.25, 0.3) is 0 Å². The first-order valence-electron chi connectivity index (χ1n) is 7.64. The first-order valence-corrected chi connectivity index (χ1v) is 7.64. The van der Waals surface area contributed by atoms with Crippen LogP contribution in [0.1, 0.15) is 25.1 Å². The third kappa shape index (κ3) is 1.80. The number of amidine groups is 1. The summed E-state index contributed by atoms with van der Waals surface area (Å²) >= 11 is 0. The number of nitrogens with zero attached hydrogens (tertiary/aromatic N) is 3. The zero-order valence-electron chi connectivity index (χ0n) is 12.7. The molecule has 0 aromatic heterocycles. The van der Waals surface area contributed by atoms with Gasteiger partial charge in [0.05, 0.1) is 12.6 Å². The fraction of sp³-hybridized carbons (Fsp3) is 0.375. The van der Waals surface area contributed by atoms with Crippen LogP contribution in [0.5, 0.6) is 0 Å². The Morgan fingerprint density at radius 3 is 2.77 bits per heavy atom. The number of nitrogens with one attached hydrogen (secondary N) is 2. The summed E-state index contributed by atoms with van der Waals surface area (Å²) < 4.78 is 0. The van der Waals surface area contributed by atoms with Crippen LogP contribution in [0.3, 0.4) is 0 Å². The number of carbonyl (C=O) groups excluding carboxylic acids is 1. The van der Waals surface area contributed by atoms with Crippen molar-refractivity contribution in [2.75, 3.05) is 13.6 Å². The van der Waals surface area contributed by atoms with Crippen molar-refractivity contribution in [1.29, 1.82) is 0 Å². The molecule has 1 aromatic carbocycles. The van der Waals surface area contributed by atoms with Gasteiger partial charge in [-0.1, -0.05) is 37.3 Å². The topological polar surface area (TPSA) is 60.0 Å². The molecule has 3 aliphatic heterocycles. The van der Waals surface area contributed by atoms with Crippen molar-refractivity contribution < 1.29 is 4.79 Å². The third-order valence-corrected chi connectivity index (χ3v) is 4.44. The minimum Gasteiger partial charge on any atom is -0.356 e. The van der Waals surface area contributed by atoms with Crippen LogP contribution in [-0.2, 0) is 0 Å². The molecule has 0 bridgehead atoms. The number of hydrogen-bond acceptors (Lipinski definition) is 4. The predicted octanol–water partition coefficient (Wildman–Crippen LogP) is 1.61. The van der Waals surface area contributed by atoms with Gasteiger partial charge in [-0.3, -0.25) is 14.8 Å². The summed E-state index contributed by atoms with van der Waals surface area (Å²) in [6, 6.07) is 10.3. The molecule has 4 rings (SSSR count). The highest BCUT2D eigenvalue weighted by Crippen LogP contribution is 2.31. The lowest BCUT2D eigenvalue weighted by molar-refractivity contribution is 0.192. The van der Waals surface area contributed by atoms with E-state index in [9.17, 15) is 4.79 Å². The summed E-state index contributed by atoms with van der Waals surface area (Å²) in [5.74, 6) is 1.58. The lowest BCUT2D eigenvalue weighted by Gasteiger charge is -2.31. The second kappa shape index (κ2) is 4.76. The SMILES string of the molecule is CC[C@@H]1CN2C(=O)N(C)C3=C(NC(c4ccccc4)N3)C2=N1. The largest absolute Gasteiger partial charge is 0.356 e. The average molecular weight is 297 g/mol. The van der Waals surface area contributed by atoms with E-state index >= 15 is 0 Å². The van der Waals surface area contributed by atoms with Crippen LogP contribution in [0, 0.1) is 0 Å². The van der Waals surface area contributed by atoms with Crippen molar-refractivity contribution in [1.82, 2.24) is 20.4 Å². The second-order valence-electron chi connectivity index (χ2n) is 5.82. The normalized spacial score (nSPS) is 26.5. The monoisotopic (exact) mass is 297 g/mol. The van der Waals surface area contributed by atoms with E-state index in [1.807, 2.05) is 18.2 Å². The average Bonchev–Trinajstić information content (AvgIpc) is 3.17. The number of benzene rings is 1. The number of carbonyl (C=O) groups is 1. The molecule has 2 amide bonds. The standard InChI is InChI=1S/C16H19N5O/c1-3-11-9-21-15(17-11)12-14(20(2)16(21)22)19-13(18-12)10-7-5-4-6-8-10/h4-8,11,13,18-19H,3,9H2,1-2H3/t11-,13?/m1/s1. The molecule has 0 saturated heterocycles. The van der Waals surface area contributed by atoms with Gasteiger partial charge < -0.3 is 10.6 Å². The third-order valence-electron chi connectivity index (χ3n) is 4.44. The van der Waals surface area contributed by atoms with Crippen molar-refractivity contribution in [3.63, 3.8) is 0 Å². The highest BCUT2D eigenvalue weighted by atomic mass is 16.2. The van der Waals surface area contributed by atoms with Gasteiger partial charge in [0.2, 0.25) is 0 Å². The van der Waals surface area contributed by atoms with E-state index in [-0.39, 0.29) is 18.2 Å². The molecule has 1 aromatic rings. The highest BCUT2D eigenvalue weighted by molar-refractivity contribution is 6.11. The molecular weight excluding hydrogens is 278 g/mol. The fourth-order valence-corrected chi connectivity index (χ4v) is 3.15. The van der Waals surface area contributed by atoms with E-state index < -0.39 is 0 Å². The van der Waals surface area contributed by atoms with Gasteiger partial charge in [0.1, 0.15) is 17.7 Å². The summed E-state index contributed by atoms with van der Waals surface area (Å²) in [4.78, 5) is 20.7. The van der Waals surface area contributed by atoms with E-state index in [1.165, 1.54) is 0 Å². The van der Waals surface area contributed by atoms with Crippen LogP contribution in [0.15, 0.2) is 46.8 Å². The molecule has 6 nitrogen and oxygen atoms in total. The molecule has 0 spiro atoms. The molecule has 0 fully saturated rings. The maximum Gasteiger partial charge on any atom is 0.331 e. The van der Waals surface area contributed by atoms with Crippen LogP contribution in [0.4, 0.5) is 4.79 Å². The Labute approximate surface area is 129 Å². The molecule has 3 aliphatic rings. The number of aliphatic imine (C=N–C) groups is 1. The van der Waals surface area contributed by atoms with Crippen LogP contribution >= 0.6 is 0 Å². The number of urea groups is 1. The van der Waals surface area contributed by atoms with Crippen LogP contribution in [0.2, 0.25) is 0 Å². The minimum atomic E-state index is -0.0372. The van der Waals surface area contributed by atoms with Crippen LogP contribution in [-0.4, -0.2) is 41.3 Å². The van der Waals surface area contributed by atoms with Gasteiger partial charge in [-0.2, -0.15) is 0 Å². The van der Waals surface area contributed by atoms with E-state index in [2.05, 4.69) is 29.7 Å². The molecule has 22 heavy (non-hydrogen) atoms. The van der Waals surface area contributed by atoms with Crippen molar-refractivity contribution in [2.45, 2.75) is 25.6 Å². The lowest BCUT2D eigenvalue weighted by atomic mass is 10.2. The quantitative estimate of drug-likeness (QED) is 0.872. The summed E-state index contributed by atoms with van der Waals surface area (Å²) in [5, 5.41) is 6.88. The molecule has 0 radical (unpaired) electrons. The summed E-state index contributed by atoms with van der Waals surface area (Å²) in [6.45, 7) is 2.77. The van der Waals surface area contributed by atoms with E-state index in [0.29, 0.717) is 6.54 Å². The number of hydrogen-bond donors (Lipinski definition) is 2. The Kier molecular flexibility index (Phi) is 2.85. The highest BCUT2D eigenvalue weighted by Gasteiger charge is 2.43. The van der Waals surface area contributed by atoms with Crippen molar-refractivity contribution >= 4 is 11.9 Å². The summed E-state index contributed by atoms with van der Waals surface area (Å²) in [5.41, 5.74) is 2.06. The zero-order chi connectivity index (χ0) is 15.3. The molecule has 0 saturated carbocycles. The summed E-state index contributed by atoms with van der Waals surface area (Å²) in [7, 11) is 1.80. The number of rotatable bonds is 2. The molecule has 6 heteroatoms. The molecule has 0 aliphatic carbocycles. The van der Waals surface area contributed by atoms with Gasteiger partial charge in [-0.05, 0) is 12.0 Å². The first-order chi connectivity index (χ1) is 10.7. The molecule has 2 atom stereocenters. The Morgan fingerprint density at radius 1 is 1.27 bits per heavy atom. The van der Waals surface area contributed by atoms with Gasteiger partial charge in [-0.15, -0.1) is 0 Å². The van der Waals surface area contributed by atoms with E-state index in [1.54, 1.807) is 16.8 Å². The summed E-state index contributed by atoms with van der Waals surface area (Å²) in [6.07, 6.45) is 0.902. The first kappa shape index (κ1) is 13.2. The second-order valence-corrected chi connectivity index (χ2v) is 5.82. The molecular formula is C16H19N5O. The molecule has 2 N–H and O–H groups in total. The van der Waals surface area contributed by atoms with Gasteiger partial charge >= 0.3 is 6.03 Å². The molecule has 114 valence electrons. The van der Waals surface area contributed by atoms with E-state index in [4.69, 9.17) is 4.99 Å². The van der Waals surface area contributed by atoms with Gasteiger partial charge in [0, 0.05) is 7.05 Å². The van der Waals surface area contributed by atoms with Crippen LogP contribution < -0.4 is 10.6 Å². The van der Waals surface area contributed by atoms with Crippen LogP contribution in [0.25, 0.3) is 0 Å². The Morgan fingerprint density at radius 2 is 2.05 bits per heavy atom. The Hall–Kier alpha value is -2.50. The van der Waals surface area contributed by atoms with E-state index in [0.717, 1.165) is 29.3 Å². The maximum atomic E-state index is 12.5. The Balaban J connectivity index is 1.69. The number of amides is 2. The molecule has 1 unspecified atom stereocenters. The fourth-order valence-electron chi connectivity index (χ4n) is 3.15. The number of fused-ring (bicyclic) bond motifs is 2. The molecule has 3 heterocycles. The Bertz CT molecular complexity index is 681. The van der Waals surface area contributed by atoms with Crippen molar-refractivity contribution in [3.8, 4) is 0 Å². The lowest BCUT2D eigenvalue weighted by Crippen LogP contribution is -2.50. The van der Waals surface area contributed by atoms with Gasteiger partial charge in [0.15, 0.2) is 5.84 Å². The zero-order valence-corrected chi connectivity index (χ0v) is 12.7. The predicted molar refractivity (Wildman–Crippen MR) is 83.9 cm³/mol. The van der Waals surface area contributed by atoms with Crippen molar-refractivity contribution in [2.24, 2.45) is 4.99 Å². The maximum absolute atomic E-state index is 12.5. The minimum absolute atomic E-state index is 0.0172. The van der Waals surface area contributed by atoms with Gasteiger partial charge in [-0.25, -0.2) is 4.79 Å². The smallest absolute Gasteiger partial charge is 0.331 e.